The van der Waals surface area contributed by atoms with E-state index in [1.807, 2.05) is 6.92 Å². The summed E-state index contributed by atoms with van der Waals surface area (Å²) in [5.74, 6) is -0.153. The van der Waals surface area contributed by atoms with Crippen LogP contribution in [-0.4, -0.2) is 64.0 Å². The van der Waals surface area contributed by atoms with Crippen molar-refractivity contribution in [2.24, 2.45) is 0 Å². The van der Waals surface area contributed by atoms with Crippen molar-refractivity contribution >= 4 is 5.97 Å². The highest BCUT2D eigenvalue weighted by Crippen LogP contribution is 2.02. The van der Waals surface area contributed by atoms with Gasteiger partial charge < -0.3 is 14.2 Å². The Balaban J connectivity index is 4.03. The average Bonchev–Trinajstić information content (AvgIpc) is 2.29. The van der Waals surface area contributed by atoms with E-state index in [0.29, 0.717) is 32.8 Å². The number of ether oxygens (including phenoxy) is 3. The molecule has 0 N–H and O–H groups in total. The van der Waals surface area contributed by atoms with Crippen LogP contribution in [0, 0.1) is 0 Å². The topological polar surface area (TPSA) is 48.0 Å². The van der Waals surface area contributed by atoms with Gasteiger partial charge in [-0.2, -0.15) is 0 Å². The Morgan fingerprint density at radius 1 is 1.24 bits per heavy atom. The molecule has 0 saturated carbocycles. The van der Waals surface area contributed by atoms with Crippen molar-refractivity contribution in [1.29, 1.82) is 0 Å². The number of nitrogens with zero attached hydrogens (tertiary/aromatic N) is 1. The van der Waals surface area contributed by atoms with Crippen molar-refractivity contribution in [3.8, 4) is 0 Å². The highest BCUT2D eigenvalue weighted by molar-refractivity contribution is 5.69. The summed E-state index contributed by atoms with van der Waals surface area (Å²) in [6, 6.07) is 0.268. The fourth-order valence-corrected chi connectivity index (χ4v) is 1.58. The van der Waals surface area contributed by atoms with E-state index in [0.717, 1.165) is 6.54 Å². The Morgan fingerprint density at radius 2 is 1.94 bits per heavy atom. The van der Waals surface area contributed by atoms with E-state index >= 15 is 0 Å². The van der Waals surface area contributed by atoms with E-state index in [-0.39, 0.29) is 12.0 Å². The van der Waals surface area contributed by atoms with Gasteiger partial charge >= 0.3 is 5.97 Å². The molecule has 1 unspecified atom stereocenters. The molecule has 5 nitrogen and oxygen atoms in total. The molecule has 0 aliphatic heterocycles. The lowest BCUT2D eigenvalue weighted by atomic mass is 10.2. The predicted octanol–water partition coefficient (Wildman–Crippen LogP) is 0.923. The zero-order chi connectivity index (χ0) is 13.1. The van der Waals surface area contributed by atoms with Gasteiger partial charge in [-0.15, -0.1) is 0 Å². The van der Waals surface area contributed by atoms with Crippen LogP contribution in [0.25, 0.3) is 0 Å². The fraction of sp³-hybridized carbons (Fsp3) is 0.917. The van der Waals surface area contributed by atoms with E-state index in [1.165, 1.54) is 0 Å². The van der Waals surface area contributed by atoms with E-state index < -0.39 is 0 Å². The van der Waals surface area contributed by atoms with Gasteiger partial charge in [-0.1, -0.05) is 0 Å². The second-order valence-corrected chi connectivity index (χ2v) is 3.89. The van der Waals surface area contributed by atoms with Crippen molar-refractivity contribution in [2.45, 2.75) is 26.3 Å². The number of rotatable bonds is 10. The molecule has 0 heterocycles. The number of carbonyl (C=O) groups is 1. The van der Waals surface area contributed by atoms with Crippen LogP contribution in [0.5, 0.6) is 0 Å². The molecular weight excluding hydrogens is 222 g/mol. The van der Waals surface area contributed by atoms with Gasteiger partial charge in [0.25, 0.3) is 0 Å². The van der Waals surface area contributed by atoms with Crippen LogP contribution in [0.3, 0.4) is 0 Å². The summed E-state index contributed by atoms with van der Waals surface area (Å²) in [6.07, 6.45) is 0.408. The third-order valence-electron chi connectivity index (χ3n) is 2.52. The second-order valence-electron chi connectivity index (χ2n) is 3.89. The number of hydrogen-bond donors (Lipinski definition) is 0. The minimum absolute atomic E-state index is 0.153. The summed E-state index contributed by atoms with van der Waals surface area (Å²) in [5, 5.41) is 0. The smallest absolute Gasteiger partial charge is 0.307 e. The van der Waals surface area contributed by atoms with Gasteiger partial charge in [0.15, 0.2) is 0 Å². The number of esters is 1. The molecule has 0 spiro atoms. The van der Waals surface area contributed by atoms with Crippen LogP contribution in [0.1, 0.15) is 20.3 Å². The summed E-state index contributed by atoms with van der Waals surface area (Å²) >= 11 is 0. The van der Waals surface area contributed by atoms with Crippen LogP contribution < -0.4 is 0 Å². The first-order valence-electron chi connectivity index (χ1n) is 6.03. The van der Waals surface area contributed by atoms with Crippen molar-refractivity contribution in [1.82, 2.24) is 4.90 Å². The quantitative estimate of drug-likeness (QED) is 0.537. The highest BCUT2D eigenvalue weighted by atomic mass is 16.5. The minimum atomic E-state index is -0.153. The van der Waals surface area contributed by atoms with Crippen molar-refractivity contribution < 1.29 is 19.0 Å². The van der Waals surface area contributed by atoms with Gasteiger partial charge in [-0.25, -0.2) is 0 Å². The van der Waals surface area contributed by atoms with Gasteiger partial charge in [-0.3, -0.25) is 9.69 Å². The Kier molecular flexibility index (Phi) is 10.1. The molecule has 0 aromatic heterocycles. The van der Waals surface area contributed by atoms with Crippen LogP contribution in [0.2, 0.25) is 0 Å². The molecule has 0 fully saturated rings. The Bertz CT molecular complexity index is 199. The molecule has 0 aromatic carbocycles. The zero-order valence-corrected chi connectivity index (χ0v) is 11.4. The zero-order valence-electron chi connectivity index (χ0n) is 11.4. The van der Waals surface area contributed by atoms with Gasteiger partial charge in [0.1, 0.15) is 0 Å². The van der Waals surface area contributed by atoms with E-state index in [4.69, 9.17) is 14.2 Å². The van der Waals surface area contributed by atoms with Gasteiger partial charge in [-0.05, 0) is 13.8 Å². The highest BCUT2D eigenvalue weighted by Gasteiger charge is 2.15. The van der Waals surface area contributed by atoms with Gasteiger partial charge in [0.05, 0.1) is 26.2 Å². The molecule has 102 valence electrons. The average molecular weight is 247 g/mol. The van der Waals surface area contributed by atoms with Crippen LogP contribution in [-0.2, 0) is 19.0 Å². The second kappa shape index (κ2) is 10.5. The lowest BCUT2D eigenvalue weighted by molar-refractivity contribution is -0.143. The first-order valence-corrected chi connectivity index (χ1v) is 6.03. The van der Waals surface area contributed by atoms with Crippen molar-refractivity contribution in [3.63, 3.8) is 0 Å². The first-order chi connectivity index (χ1) is 8.15. The fourth-order valence-electron chi connectivity index (χ4n) is 1.58. The molecule has 0 aliphatic rings. The molecule has 17 heavy (non-hydrogen) atoms. The third kappa shape index (κ3) is 8.12. The number of hydrogen-bond acceptors (Lipinski definition) is 5. The maximum atomic E-state index is 11.3. The molecule has 0 aromatic rings. The molecule has 5 heteroatoms. The molecule has 0 saturated heterocycles. The number of methoxy groups -OCH3 is 2. The van der Waals surface area contributed by atoms with E-state index in [2.05, 4.69) is 11.8 Å². The SMILES string of the molecule is CCOC(=O)CCN(CCOC)C(C)COC. The summed E-state index contributed by atoms with van der Waals surface area (Å²) < 4.78 is 15.1. The maximum Gasteiger partial charge on any atom is 0.307 e. The summed E-state index contributed by atoms with van der Waals surface area (Å²) in [7, 11) is 3.35. The van der Waals surface area contributed by atoms with E-state index in [9.17, 15) is 4.79 Å². The monoisotopic (exact) mass is 247 g/mol. The molecule has 0 bridgehead atoms. The largest absolute Gasteiger partial charge is 0.466 e. The Hall–Kier alpha value is -0.650. The normalized spacial score (nSPS) is 12.8. The number of carbonyl (C=O) groups excluding carboxylic acids is 1. The standard InChI is InChI=1S/C12H25NO4/c1-5-17-12(14)6-7-13(8-9-15-3)11(2)10-16-4/h11H,5-10H2,1-4H3. The van der Waals surface area contributed by atoms with Crippen LogP contribution in [0.4, 0.5) is 0 Å². The predicted molar refractivity (Wildman–Crippen MR) is 66.0 cm³/mol. The summed E-state index contributed by atoms with van der Waals surface area (Å²) in [4.78, 5) is 13.5. The first kappa shape index (κ1) is 16.4. The molecule has 1 atom stereocenters. The van der Waals surface area contributed by atoms with E-state index in [1.54, 1.807) is 14.2 Å². The molecule has 0 amide bonds. The van der Waals surface area contributed by atoms with Crippen molar-refractivity contribution in [2.75, 3.05) is 47.1 Å². The lowest BCUT2D eigenvalue weighted by Gasteiger charge is -2.27. The lowest BCUT2D eigenvalue weighted by Crippen LogP contribution is -2.40. The van der Waals surface area contributed by atoms with Crippen LogP contribution >= 0.6 is 0 Å². The molecular formula is C12H25NO4. The molecule has 0 aliphatic carbocycles. The summed E-state index contributed by atoms with van der Waals surface area (Å²) in [5.41, 5.74) is 0. The minimum Gasteiger partial charge on any atom is -0.466 e. The molecule has 0 rings (SSSR count). The maximum absolute atomic E-state index is 11.3. The van der Waals surface area contributed by atoms with Gasteiger partial charge in [0, 0.05) is 33.4 Å². The Morgan fingerprint density at radius 3 is 2.47 bits per heavy atom. The van der Waals surface area contributed by atoms with Gasteiger partial charge in [0.2, 0.25) is 0 Å². The molecule has 0 radical (unpaired) electrons. The Labute approximate surface area is 104 Å². The third-order valence-corrected chi connectivity index (χ3v) is 2.52. The van der Waals surface area contributed by atoms with Crippen molar-refractivity contribution in [3.05, 3.63) is 0 Å². The van der Waals surface area contributed by atoms with Crippen LogP contribution in [0.15, 0.2) is 0 Å². The summed E-state index contributed by atoms with van der Waals surface area (Å²) in [6.45, 7) is 7.08.